The van der Waals surface area contributed by atoms with E-state index in [1.54, 1.807) is 6.92 Å². The molecule has 0 fully saturated rings. The van der Waals surface area contributed by atoms with Crippen molar-refractivity contribution in [3.05, 3.63) is 0 Å². The van der Waals surface area contributed by atoms with Gasteiger partial charge in [0.15, 0.2) is 0 Å². The minimum atomic E-state index is -3.72. The Kier molecular flexibility index (Phi) is 14.1. The fourth-order valence-corrected chi connectivity index (χ4v) is 1.55. The number of rotatable bonds is 8. The van der Waals surface area contributed by atoms with Crippen molar-refractivity contribution in [2.24, 2.45) is 0 Å². The van der Waals surface area contributed by atoms with Crippen LogP contribution >= 0.6 is 0 Å². The summed E-state index contributed by atoms with van der Waals surface area (Å²) < 4.78 is 30.6. The zero-order valence-corrected chi connectivity index (χ0v) is 13.2. The van der Waals surface area contributed by atoms with Crippen molar-refractivity contribution in [3.8, 4) is 0 Å². The smallest absolute Gasteiger partial charge is 1.00 e. The molecule has 0 spiro atoms. The van der Waals surface area contributed by atoms with Crippen molar-refractivity contribution < 1.29 is 69.6 Å². The molecule has 4 nitrogen and oxygen atoms in total. The zero-order valence-electron chi connectivity index (χ0n) is 10.3. The standard InChI is InChI=1S/C8H18O4S.K.H/c1-3-5-6-7-8-12-13(9,10)11-4-2;;/h3-8H2,1-2H3;;/q;+1;-1. The van der Waals surface area contributed by atoms with Crippen molar-refractivity contribution in [2.45, 2.75) is 39.5 Å². The van der Waals surface area contributed by atoms with Gasteiger partial charge in [0.25, 0.3) is 0 Å². The first-order chi connectivity index (χ1) is 6.12. The van der Waals surface area contributed by atoms with Crippen molar-refractivity contribution in [1.29, 1.82) is 0 Å². The van der Waals surface area contributed by atoms with Gasteiger partial charge in [0, 0.05) is 0 Å². The van der Waals surface area contributed by atoms with E-state index in [0.29, 0.717) is 0 Å². The third-order valence-electron chi connectivity index (χ3n) is 1.49. The zero-order chi connectivity index (χ0) is 10.2. The molecule has 0 saturated heterocycles. The molecule has 0 aliphatic carbocycles. The second kappa shape index (κ2) is 11.0. The largest absolute Gasteiger partial charge is 1.00 e. The monoisotopic (exact) mass is 250 g/mol. The van der Waals surface area contributed by atoms with Gasteiger partial charge in [0.1, 0.15) is 0 Å². The van der Waals surface area contributed by atoms with E-state index in [2.05, 4.69) is 15.3 Å². The van der Waals surface area contributed by atoms with Crippen LogP contribution in [0.25, 0.3) is 0 Å². The Morgan fingerprint density at radius 2 is 1.71 bits per heavy atom. The normalized spacial score (nSPS) is 11.0. The molecule has 0 bridgehead atoms. The van der Waals surface area contributed by atoms with E-state index in [1.807, 2.05) is 0 Å². The van der Waals surface area contributed by atoms with Crippen molar-refractivity contribution >= 4 is 10.4 Å². The summed E-state index contributed by atoms with van der Waals surface area (Å²) in [7, 11) is -3.72. The van der Waals surface area contributed by atoms with Crippen LogP contribution in [0, 0.1) is 0 Å². The predicted octanol–water partition coefficient (Wildman–Crippen LogP) is -1.02. The van der Waals surface area contributed by atoms with E-state index in [1.165, 1.54) is 0 Å². The van der Waals surface area contributed by atoms with Gasteiger partial charge in [-0.15, -0.1) is 0 Å². The SMILES string of the molecule is CCCCCCOS(=O)(=O)OCC.[H-].[K+]. The van der Waals surface area contributed by atoms with Crippen LogP contribution in [0.2, 0.25) is 0 Å². The summed E-state index contributed by atoms with van der Waals surface area (Å²) in [5.74, 6) is 0. The van der Waals surface area contributed by atoms with Crippen molar-refractivity contribution in [2.75, 3.05) is 13.2 Å². The topological polar surface area (TPSA) is 52.6 Å². The molecule has 0 rings (SSSR count). The van der Waals surface area contributed by atoms with E-state index in [9.17, 15) is 8.42 Å². The van der Waals surface area contributed by atoms with Gasteiger partial charge in [-0.3, -0.25) is 0 Å². The Morgan fingerprint density at radius 3 is 2.21 bits per heavy atom. The molecular formula is C8H19KO4S. The summed E-state index contributed by atoms with van der Waals surface area (Å²) in [4.78, 5) is 0. The maximum absolute atomic E-state index is 10.8. The van der Waals surface area contributed by atoms with Gasteiger partial charge in [-0.05, 0) is 13.3 Å². The van der Waals surface area contributed by atoms with Crippen LogP contribution in [0.3, 0.4) is 0 Å². The number of hydrogen-bond acceptors (Lipinski definition) is 4. The van der Waals surface area contributed by atoms with Crippen LogP contribution in [-0.2, 0) is 18.8 Å². The molecule has 0 saturated carbocycles. The molecule has 0 aromatic heterocycles. The van der Waals surface area contributed by atoms with Gasteiger partial charge in [0.05, 0.1) is 13.2 Å². The Bertz CT molecular complexity index is 209. The average Bonchev–Trinajstić information content (AvgIpc) is 2.04. The van der Waals surface area contributed by atoms with Gasteiger partial charge in [-0.25, -0.2) is 8.37 Å². The molecule has 6 heteroatoms. The first kappa shape index (κ1) is 17.9. The van der Waals surface area contributed by atoms with E-state index < -0.39 is 10.4 Å². The third-order valence-corrected chi connectivity index (χ3v) is 2.47. The first-order valence-electron chi connectivity index (χ1n) is 4.66. The van der Waals surface area contributed by atoms with Gasteiger partial charge < -0.3 is 1.43 Å². The molecule has 0 aliphatic heterocycles. The second-order valence-electron chi connectivity index (χ2n) is 2.70. The second-order valence-corrected chi connectivity index (χ2v) is 3.99. The quantitative estimate of drug-likeness (QED) is 0.409. The van der Waals surface area contributed by atoms with Gasteiger partial charge >= 0.3 is 61.8 Å². The molecular weight excluding hydrogens is 231 g/mol. The molecule has 14 heavy (non-hydrogen) atoms. The van der Waals surface area contributed by atoms with Crippen LogP contribution in [0.15, 0.2) is 0 Å². The Labute approximate surface area is 131 Å². The number of hydrogen-bond donors (Lipinski definition) is 0. The molecule has 0 N–H and O–H groups in total. The summed E-state index contributed by atoms with van der Waals surface area (Å²) in [6, 6.07) is 0. The summed E-state index contributed by atoms with van der Waals surface area (Å²) >= 11 is 0. The van der Waals surface area contributed by atoms with Gasteiger partial charge in [-0.1, -0.05) is 26.2 Å². The fraction of sp³-hybridized carbons (Fsp3) is 1.00. The van der Waals surface area contributed by atoms with Crippen LogP contribution in [0.1, 0.15) is 41.0 Å². The van der Waals surface area contributed by atoms with E-state index >= 15 is 0 Å². The van der Waals surface area contributed by atoms with Gasteiger partial charge in [-0.2, -0.15) is 8.42 Å². The predicted molar refractivity (Wildman–Crippen MR) is 51.8 cm³/mol. The molecule has 0 aromatic carbocycles. The Hall–Kier alpha value is 1.51. The molecule has 0 unspecified atom stereocenters. The van der Waals surface area contributed by atoms with Crippen molar-refractivity contribution in [3.63, 3.8) is 0 Å². The van der Waals surface area contributed by atoms with E-state index in [4.69, 9.17) is 0 Å². The molecule has 0 heterocycles. The summed E-state index contributed by atoms with van der Waals surface area (Å²) in [6.45, 7) is 4.05. The minimum absolute atomic E-state index is 0. The fourth-order valence-electron chi connectivity index (χ4n) is 0.868. The van der Waals surface area contributed by atoms with E-state index in [-0.39, 0.29) is 66.0 Å². The minimum Gasteiger partial charge on any atom is -1.00 e. The molecule has 82 valence electrons. The van der Waals surface area contributed by atoms with E-state index in [0.717, 1.165) is 25.7 Å². The van der Waals surface area contributed by atoms with Crippen LogP contribution in [0.5, 0.6) is 0 Å². The van der Waals surface area contributed by atoms with Crippen LogP contribution in [0.4, 0.5) is 0 Å². The Morgan fingerprint density at radius 1 is 1.07 bits per heavy atom. The maximum Gasteiger partial charge on any atom is 1.00 e. The summed E-state index contributed by atoms with van der Waals surface area (Å²) in [6.07, 6.45) is 3.99. The maximum atomic E-state index is 10.8. The summed E-state index contributed by atoms with van der Waals surface area (Å²) in [5, 5.41) is 0. The molecule has 0 radical (unpaired) electrons. The first-order valence-corrected chi connectivity index (χ1v) is 5.99. The average molecular weight is 250 g/mol. The summed E-state index contributed by atoms with van der Waals surface area (Å²) in [5.41, 5.74) is 0. The van der Waals surface area contributed by atoms with Crippen LogP contribution in [-0.4, -0.2) is 21.6 Å². The third kappa shape index (κ3) is 11.6. The molecule has 0 aromatic rings. The van der Waals surface area contributed by atoms with Crippen molar-refractivity contribution in [1.82, 2.24) is 0 Å². The molecule has 0 amide bonds. The Balaban J connectivity index is -0.000000720. The number of unbranched alkanes of at least 4 members (excludes halogenated alkanes) is 3. The molecule has 0 atom stereocenters. The van der Waals surface area contributed by atoms with Gasteiger partial charge in [0.2, 0.25) is 0 Å². The van der Waals surface area contributed by atoms with Crippen LogP contribution < -0.4 is 51.4 Å². The molecule has 0 aliphatic rings.